The molecule has 0 aliphatic heterocycles. The Morgan fingerprint density at radius 3 is 2.38 bits per heavy atom. The average molecular weight is 309 g/mol. The van der Waals surface area contributed by atoms with Gasteiger partial charge >= 0.3 is 0 Å². The quantitative estimate of drug-likeness (QED) is 0.741. The Hall–Kier alpha value is -0.510. The van der Waals surface area contributed by atoms with Crippen LogP contribution in [0.4, 0.5) is 0 Å². The van der Waals surface area contributed by atoms with E-state index < -0.39 is 0 Å². The zero-order chi connectivity index (χ0) is 15.9. The highest BCUT2D eigenvalue weighted by Gasteiger charge is 2.32. The molecular weight excluding hydrogens is 276 g/mol. The molecule has 1 aromatic rings. The maximum atomic E-state index is 3.68. The summed E-state index contributed by atoms with van der Waals surface area (Å²) in [6.07, 6.45) is 2.18. The van der Waals surface area contributed by atoms with Crippen LogP contribution in [0.15, 0.2) is 30.3 Å². The third-order valence-electron chi connectivity index (χ3n) is 4.14. The lowest BCUT2D eigenvalue weighted by atomic mass is 9.79. The van der Waals surface area contributed by atoms with E-state index in [9.17, 15) is 0 Å². The highest BCUT2D eigenvalue weighted by Crippen LogP contribution is 2.34. The van der Waals surface area contributed by atoms with Crippen LogP contribution in [0.3, 0.4) is 0 Å². The van der Waals surface area contributed by atoms with Crippen LogP contribution in [0, 0.1) is 5.41 Å². The van der Waals surface area contributed by atoms with Crippen molar-refractivity contribution in [2.75, 3.05) is 32.1 Å². The first-order valence-corrected chi connectivity index (χ1v) is 9.29. The molecule has 2 unspecified atom stereocenters. The number of hydrogen-bond donors (Lipinski definition) is 1. The van der Waals surface area contributed by atoms with E-state index in [4.69, 9.17) is 0 Å². The van der Waals surface area contributed by atoms with Gasteiger partial charge in [-0.2, -0.15) is 11.8 Å². The fraction of sp³-hybridized carbons (Fsp3) is 0.667. The molecule has 3 heteroatoms. The number of benzene rings is 1. The van der Waals surface area contributed by atoms with E-state index >= 15 is 0 Å². The number of nitrogens with one attached hydrogen (secondary N) is 1. The second-order valence-corrected chi connectivity index (χ2v) is 7.52. The van der Waals surface area contributed by atoms with Gasteiger partial charge in [0.15, 0.2) is 0 Å². The first-order valence-electron chi connectivity index (χ1n) is 7.90. The number of nitrogens with zero attached hydrogens (tertiary/aromatic N) is 1. The third kappa shape index (κ3) is 5.65. The lowest BCUT2D eigenvalue weighted by Crippen LogP contribution is -2.45. The van der Waals surface area contributed by atoms with Crippen LogP contribution in [-0.2, 0) is 0 Å². The largest absolute Gasteiger partial charge is 0.310 e. The van der Waals surface area contributed by atoms with Crippen molar-refractivity contribution in [1.82, 2.24) is 10.2 Å². The van der Waals surface area contributed by atoms with E-state index in [1.807, 2.05) is 11.8 Å². The van der Waals surface area contributed by atoms with E-state index in [1.54, 1.807) is 0 Å². The second kappa shape index (κ2) is 8.82. The van der Waals surface area contributed by atoms with Crippen molar-refractivity contribution in [1.29, 1.82) is 0 Å². The summed E-state index contributed by atoms with van der Waals surface area (Å²) in [5.74, 6) is 1.18. The average Bonchev–Trinajstić information content (AvgIpc) is 2.45. The standard InChI is InChI=1S/C18H32N2S/c1-7-19-17(16-11-9-8-10-12-16)18(3,4)14-20(5)15(2)13-21-6/h8-12,15,17,19H,7,13-14H2,1-6H3. The number of thioether (sulfide) groups is 1. The van der Waals surface area contributed by atoms with Crippen molar-refractivity contribution >= 4 is 11.8 Å². The fourth-order valence-electron chi connectivity index (χ4n) is 2.95. The van der Waals surface area contributed by atoms with Gasteiger partial charge in [0.25, 0.3) is 0 Å². The molecule has 120 valence electrons. The zero-order valence-corrected chi connectivity index (χ0v) is 15.3. The fourth-order valence-corrected chi connectivity index (χ4v) is 3.69. The molecule has 0 bridgehead atoms. The van der Waals surface area contributed by atoms with Crippen LogP contribution in [0.1, 0.15) is 39.3 Å². The molecule has 0 saturated carbocycles. The maximum absolute atomic E-state index is 3.68. The lowest BCUT2D eigenvalue weighted by Gasteiger charge is -2.40. The Balaban J connectivity index is 2.85. The highest BCUT2D eigenvalue weighted by atomic mass is 32.2. The van der Waals surface area contributed by atoms with Crippen molar-refractivity contribution in [3.63, 3.8) is 0 Å². The summed E-state index contributed by atoms with van der Waals surface area (Å²) < 4.78 is 0. The molecule has 0 fully saturated rings. The molecule has 2 atom stereocenters. The summed E-state index contributed by atoms with van der Waals surface area (Å²) in [6.45, 7) is 11.3. The van der Waals surface area contributed by atoms with Crippen molar-refractivity contribution in [3.8, 4) is 0 Å². The normalized spacial score (nSPS) is 15.2. The van der Waals surface area contributed by atoms with E-state index in [-0.39, 0.29) is 5.41 Å². The molecule has 2 nitrogen and oxygen atoms in total. The molecule has 1 rings (SSSR count). The number of hydrogen-bond acceptors (Lipinski definition) is 3. The van der Waals surface area contributed by atoms with Gasteiger partial charge in [-0.1, -0.05) is 51.1 Å². The molecule has 0 aliphatic carbocycles. The van der Waals surface area contributed by atoms with Crippen LogP contribution >= 0.6 is 11.8 Å². The van der Waals surface area contributed by atoms with Crippen LogP contribution in [-0.4, -0.2) is 43.1 Å². The van der Waals surface area contributed by atoms with Gasteiger partial charge in [-0.05, 0) is 37.8 Å². The topological polar surface area (TPSA) is 15.3 Å². The summed E-state index contributed by atoms with van der Waals surface area (Å²) in [5, 5.41) is 3.68. The van der Waals surface area contributed by atoms with E-state index in [1.165, 1.54) is 11.3 Å². The molecule has 0 radical (unpaired) electrons. The van der Waals surface area contributed by atoms with E-state index in [0.717, 1.165) is 13.1 Å². The molecule has 21 heavy (non-hydrogen) atoms. The molecule has 0 heterocycles. The van der Waals surface area contributed by atoms with Crippen molar-refractivity contribution in [3.05, 3.63) is 35.9 Å². The van der Waals surface area contributed by atoms with Gasteiger partial charge in [-0.15, -0.1) is 0 Å². The van der Waals surface area contributed by atoms with Crippen molar-refractivity contribution in [2.45, 2.75) is 39.8 Å². The monoisotopic (exact) mass is 308 g/mol. The smallest absolute Gasteiger partial charge is 0.0384 e. The molecule has 0 spiro atoms. The highest BCUT2D eigenvalue weighted by molar-refractivity contribution is 7.98. The first kappa shape index (κ1) is 18.5. The maximum Gasteiger partial charge on any atom is 0.0384 e. The van der Waals surface area contributed by atoms with Gasteiger partial charge in [0, 0.05) is 24.4 Å². The van der Waals surface area contributed by atoms with Crippen LogP contribution < -0.4 is 5.32 Å². The van der Waals surface area contributed by atoms with Gasteiger partial charge in [0.1, 0.15) is 0 Å². The Morgan fingerprint density at radius 1 is 1.24 bits per heavy atom. The van der Waals surface area contributed by atoms with Crippen LogP contribution in [0.5, 0.6) is 0 Å². The Kier molecular flexibility index (Phi) is 7.78. The molecule has 0 aromatic heterocycles. The SMILES string of the molecule is CCNC(c1ccccc1)C(C)(C)CN(C)C(C)CSC. The number of rotatable bonds is 9. The van der Waals surface area contributed by atoms with Gasteiger partial charge in [-0.3, -0.25) is 0 Å². The van der Waals surface area contributed by atoms with Gasteiger partial charge < -0.3 is 10.2 Å². The predicted molar refractivity (Wildman–Crippen MR) is 97.1 cm³/mol. The van der Waals surface area contributed by atoms with Crippen molar-refractivity contribution < 1.29 is 0 Å². The zero-order valence-electron chi connectivity index (χ0n) is 14.5. The molecule has 0 aliphatic rings. The second-order valence-electron chi connectivity index (χ2n) is 6.61. The van der Waals surface area contributed by atoms with E-state index in [0.29, 0.717) is 12.1 Å². The first-order chi connectivity index (χ1) is 9.92. The minimum Gasteiger partial charge on any atom is -0.310 e. The van der Waals surface area contributed by atoms with Crippen molar-refractivity contribution in [2.24, 2.45) is 5.41 Å². The van der Waals surface area contributed by atoms with Crippen LogP contribution in [0.2, 0.25) is 0 Å². The molecular formula is C18H32N2S. The molecule has 1 N–H and O–H groups in total. The van der Waals surface area contributed by atoms with Gasteiger partial charge in [0.05, 0.1) is 0 Å². The molecule has 0 amide bonds. The minimum atomic E-state index is 0.179. The Labute approximate surface area is 135 Å². The predicted octanol–water partition coefficient (Wildman–Crippen LogP) is 4.05. The van der Waals surface area contributed by atoms with E-state index in [2.05, 4.69) is 81.5 Å². The molecule has 0 saturated heterocycles. The summed E-state index contributed by atoms with van der Waals surface area (Å²) >= 11 is 1.92. The summed E-state index contributed by atoms with van der Waals surface area (Å²) in [4.78, 5) is 2.49. The lowest BCUT2D eigenvalue weighted by molar-refractivity contribution is 0.137. The summed E-state index contributed by atoms with van der Waals surface area (Å²) in [7, 11) is 2.25. The Morgan fingerprint density at radius 2 is 1.86 bits per heavy atom. The summed E-state index contributed by atoms with van der Waals surface area (Å²) in [6, 6.07) is 11.8. The Bertz CT molecular complexity index is 391. The van der Waals surface area contributed by atoms with Gasteiger partial charge in [-0.25, -0.2) is 0 Å². The third-order valence-corrected chi connectivity index (χ3v) is 4.96. The van der Waals surface area contributed by atoms with Crippen LogP contribution in [0.25, 0.3) is 0 Å². The van der Waals surface area contributed by atoms with Gasteiger partial charge in [0.2, 0.25) is 0 Å². The minimum absolute atomic E-state index is 0.179. The summed E-state index contributed by atoms with van der Waals surface area (Å²) in [5.41, 5.74) is 1.56. The molecule has 1 aromatic carbocycles.